The van der Waals surface area contributed by atoms with Gasteiger partial charge in [0.1, 0.15) is 0 Å². The zero-order valence-electron chi connectivity index (χ0n) is 17.0. The van der Waals surface area contributed by atoms with Gasteiger partial charge in [-0.2, -0.15) is 18.3 Å². The summed E-state index contributed by atoms with van der Waals surface area (Å²) in [6.07, 6.45) is 0.831. The van der Waals surface area contributed by atoms with Crippen molar-refractivity contribution in [2.24, 2.45) is 0 Å². The van der Waals surface area contributed by atoms with Gasteiger partial charge in [-0.15, -0.1) is 0 Å². The zero-order valence-corrected chi connectivity index (χ0v) is 17.0. The van der Waals surface area contributed by atoms with Gasteiger partial charge in [0.05, 0.1) is 23.0 Å². The fourth-order valence-electron chi connectivity index (χ4n) is 3.54. The smallest absolute Gasteiger partial charge is 0.416 e. The second kappa shape index (κ2) is 8.30. The van der Waals surface area contributed by atoms with E-state index in [9.17, 15) is 23.1 Å². The van der Waals surface area contributed by atoms with E-state index >= 15 is 0 Å². The number of aliphatic carboxylic acids is 1. The van der Waals surface area contributed by atoms with Crippen LogP contribution in [-0.2, 0) is 17.4 Å². The summed E-state index contributed by atoms with van der Waals surface area (Å²) in [4.78, 5) is 16.4. The highest BCUT2D eigenvalue weighted by molar-refractivity contribution is 6.20. The Hall–Kier alpha value is -3.94. The molecule has 2 aromatic carbocycles. The molecular formula is C24H18F3N3O2. The van der Waals surface area contributed by atoms with Crippen LogP contribution in [0.5, 0.6) is 0 Å². The molecule has 0 aliphatic rings. The Labute approximate surface area is 181 Å². The lowest BCUT2D eigenvalue weighted by molar-refractivity contribution is -0.137. The van der Waals surface area contributed by atoms with Crippen molar-refractivity contribution in [1.82, 2.24) is 14.6 Å². The summed E-state index contributed by atoms with van der Waals surface area (Å²) in [7, 11) is 0. The lowest BCUT2D eigenvalue weighted by atomic mass is 10.0. The summed E-state index contributed by atoms with van der Waals surface area (Å²) >= 11 is 0. The first kappa shape index (κ1) is 21.3. The van der Waals surface area contributed by atoms with Crippen molar-refractivity contribution < 1.29 is 23.1 Å². The summed E-state index contributed by atoms with van der Waals surface area (Å²) in [6.45, 7) is 1.99. The van der Waals surface area contributed by atoms with Crippen LogP contribution in [0.2, 0.25) is 0 Å². The molecule has 2 heterocycles. The van der Waals surface area contributed by atoms with Gasteiger partial charge in [-0.05, 0) is 47.4 Å². The topological polar surface area (TPSA) is 67.5 Å². The number of rotatable bonds is 5. The summed E-state index contributed by atoms with van der Waals surface area (Å²) in [5, 5.41) is 14.2. The van der Waals surface area contributed by atoms with Crippen LogP contribution in [0.1, 0.15) is 29.3 Å². The first-order valence-electron chi connectivity index (χ1n) is 9.83. The fourth-order valence-corrected chi connectivity index (χ4v) is 3.54. The largest absolute Gasteiger partial charge is 0.478 e. The van der Waals surface area contributed by atoms with Crippen LogP contribution in [0.15, 0.2) is 67.0 Å². The number of aryl methyl sites for hydroxylation is 1. The van der Waals surface area contributed by atoms with Gasteiger partial charge in [0.15, 0.2) is 5.65 Å². The zero-order chi connectivity index (χ0) is 22.9. The van der Waals surface area contributed by atoms with Crippen LogP contribution < -0.4 is 0 Å². The number of alkyl halides is 3. The number of carboxylic acid groups (broad SMARTS) is 1. The Morgan fingerprint density at radius 3 is 2.47 bits per heavy atom. The molecule has 0 amide bonds. The number of aromatic nitrogens is 3. The van der Waals surface area contributed by atoms with E-state index in [0.29, 0.717) is 22.5 Å². The molecule has 0 unspecified atom stereocenters. The minimum Gasteiger partial charge on any atom is -0.478 e. The van der Waals surface area contributed by atoms with Gasteiger partial charge >= 0.3 is 12.1 Å². The van der Waals surface area contributed by atoms with Crippen molar-refractivity contribution in [3.8, 4) is 11.1 Å². The summed E-state index contributed by atoms with van der Waals surface area (Å²) in [5.74, 6) is -1.13. The average Bonchev–Trinajstić information content (AvgIpc) is 3.21. The predicted octanol–water partition coefficient (Wildman–Crippen LogP) is 5.60. The van der Waals surface area contributed by atoms with Crippen LogP contribution in [-0.4, -0.2) is 25.7 Å². The average molecular weight is 437 g/mol. The van der Waals surface area contributed by atoms with E-state index in [0.717, 1.165) is 29.7 Å². The molecule has 0 saturated carbocycles. The van der Waals surface area contributed by atoms with Crippen molar-refractivity contribution in [2.75, 3.05) is 0 Å². The molecular weight excluding hydrogens is 419 g/mol. The SMILES string of the molecule is CCc1ccccc1C=C(C(=O)O)c1ccnc2c(-c3ccc(C(F)(F)F)cc3)cnn12. The van der Waals surface area contributed by atoms with Gasteiger partial charge in [0, 0.05) is 11.8 Å². The van der Waals surface area contributed by atoms with E-state index in [-0.39, 0.29) is 5.57 Å². The monoisotopic (exact) mass is 437 g/mol. The summed E-state index contributed by atoms with van der Waals surface area (Å²) in [6, 6.07) is 13.7. The molecule has 2 aromatic heterocycles. The molecule has 162 valence electrons. The van der Waals surface area contributed by atoms with Crippen LogP contribution >= 0.6 is 0 Å². The second-order valence-corrected chi connectivity index (χ2v) is 7.11. The number of fused-ring (bicyclic) bond motifs is 1. The molecule has 5 nitrogen and oxygen atoms in total. The minimum absolute atomic E-state index is 0.0281. The molecule has 4 rings (SSSR count). The minimum atomic E-state index is -4.43. The maximum atomic E-state index is 12.9. The van der Waals surface area contributed by atoms with E-state index in [1.54, 1.807) is 12.1 Å². The molecule has 0 bridgehead atoms. The van der Waals surface area contributed by atoms with Gasteiger partial charge in [-0.25, -0.2) is 14.3 Å². The fraction of sp³-hybridized carbons (Fsp3) is 0.125. The number of carboxylic acids is 1. The third-order valence-corrected chi connectivity index (χ3v) is 5.17. The van der Waals surface area contributed by atoms with E-state index in [1.807, 2.05) is 31.2 Å². The van der Waals surface area contributed by atoms with Crippen LogP contribution in [0.4, 0.5) is 13.2 Å². The van der Waals surface area contributed by atoms with Gasteiger partial charge in [0.25, 0.3) is 0 Å². The van der Waals surface area contributed by atoms with E-state index in [1.165, 1.54) is 29.0 Å². The molecule has 0 radical (unpaired) electrons. The third kappa shape index (κ3) is 3.99. The van der Waals surface area contributed by atoms with Crippen LogP contribution in [0.3, 0.4) is 0 Å². The molecule has 0 fully saturated rings. The van der Waals surface area contributed by atoms with Crippen molar-refractivity contribution >= 4 is 23.3 Å². The van der Waals surface area contributed by atoms with Crippen molar-refractivity contribution in [3.05, 3.63) is 89.4 Å². The summed E-state index contributed by atoms with van der Waals surface area (Å²) < 4.78 is 40.0. The number of hydrogen-bond acceptors (Lipinski definition) is 3. The Morgan fingerprint density at radius 1 is 1.09 bits per heavy atom. The summed E-state index contributed by atoms with van der Waals surface area (Å²) in [5.41, 5.74) is 2.71. The molecule has 0 aliphatic heterocycles. The normalized spacial score (nSPS) is 12.3. The highest BCUT2D eigenvalue weighted by Crippen LogP contribution is 2.32. The number of hydrogen-bond donors (Lipinski definition) is 1. The first-order chi connectivity index (χ1) is 15.3. The van der Waals surface area contributed by atoms with Gasteiger partial charge < -0.3 is 5.11 Å². The maximum Gasteiger partial charge on any atom is 0.416 e. The molecule has 32 heavy (non-hydrogen) atoms. The maximum absolute atomic E-state index is 12.9. The quantitative estimate of drug-likeness (QED) is 0.413. The number of nitrogens with zero attached hydrogens (tertiary/aromatic N) is 3. The van der Waals surface area contributed by atoms with Gasteiger partial charge in [-0.1, -0.05) is 43.3 Å². The number of carbonyl (C=O) groups is 1. The lowest BCUT2D eigenvalue weighted by Gasteiger charge is -2.09. The molecule has 1 N–H and O–H groups in total. The third-order valence-electron chi connectivity index (χ3n) is 5.17. The van der Waals surface area contributed by atoms with Crippen LogP contribution in [0.25, 0.3) is 28.4 Å². The molecule has 8 heteroatoms. The lowest BCUT2D eigenvalue weighted by Crippen LogP contribution is -2.07. The Bertz CT molecular complexity index is 1320. The molecule has 4 aromatic rings. The van der Waals surface area contributed by atoms with E-state index < -0.39 is 17.7 Å². The Kier molecular flexibility index (Phi) is 5.52. The van der Waals surface area contributed by atoms with Crippen molar-refractivity contribution in [2.45, 2.75) is 19.5 Å². The first-order valence-corrected chi connectivity index (χ1v) is 9.83. The number of halogens is 3. The van der Waals surface area contributed by atoms with Crippen molar-refractivity contribution in [3.63, 3.8) is 0 Å². The highest BCUT2D eigenvalue weighted by atomic mass is 19.4. The van der Waals surface area contributed by atoms with Gasteiger partial charge in [0.2, 0.25) is 0 Å². The van der Waals surface area contributed by atoms with E-state index in [2.05, 4.69) is 10.1 Å². The standard InChI is InChI=1S/C24H18F3N3O2/c1-2-15-5-3-4-6-17(15)13-19(23(31)32)21-11-12-28-22-20(14-29-30(21)22)16-7-9-18(10-8-16)24(25,26)27/h3-14H,2H2,1H3,(H,31,32). The molecule has 0 aliphatic carbocycles. The van der Waals surface area contributed by atoms with Gasteiger partial charge in [-0.3, -0.25) is 0 Å². The molecule has 0 saturated heterocycles. The van der Waals surface area contributed by atoms with Crippen LogP contribution in [0, 0.1) is 0 Å². The predicted molar refractivity (Wildman–Crippen MR) is 115 cm³/mol. The second-order valence-electron chi connectivity index (χ2n) is 7.11. The molecule has 0 atom stereocenters. The highest BCUT2D eigenvalue weighted by Gasteiger charge is 2.30. The number of benzene rings is 2. The Morgan fingerprint density at radius 2 is 1.81 bits per heavy atom. The van der Waals surface area contributed by atoms with E-state index in [4.69, 9.17) is 0 Å². The Balaban J connectivity index is 1.83. The molecule has 0 spiro atoms. The van der Waals surface area contributed by atoms with Crippen molar-refractivity contribution in [1.29, 1.82) is 0 Å².